The maximum atomic E-state index is 14.0. The molecule has 3 aromatic rings. The highest BCUT2D eigenvalue weighted by atomic mass is 79.9. The molecule has 3 rings (SSSR count). The molecule has 0 aliphatic carbocycles. The highest BCUT2D eigenvalue weighted by molar-refractivity contribution is 9.10. The third kappa shape index (κ3) is 5.92. The van der Waals surface area contributed by atoms with Crippen LogP contribution in [-0.4, -0.2) is 17.6 Å². The van der Waals surface area contributed by atoms with Crippen molar-refractivity contribution in [1.29, 1.82) is 0 Å². The lowest BCUT2D eigenvalue weighted by Gasteiger charge is -2.11. The van der Waals surface area contributed by atoms with E-state index in [0.29, 0.717) is 14.9 Å². The molecule has 0 aromatic heterocycles. The molecule has 0 spiro atoms. The number of carbonyl (C=O) groups is 2. The molecule has 0 bridgehead atoms. The van der Waals surface area contributed by atoms with Gasteiger partial charge in [0.2, 0.25) is 5.91 Å². The lowest BCUT2D eigenvalue weighted by atomic mass is 10.2. The summed E-state index contributed by atoms with van der Waals surface area (Å²) < 4.78 is 14.6. The number of thioether (sulfide) groups is 1. The molecule has 2 N–H and O–H groups in total. The molecule has 2 amide bonds. The van der Waals surface area contributed by atoms with Gasteiger partial charge in [-0.3, -0.25) is 9.59 Å². The van der Waals surface area contributed by atoms with Crippen LogP contribution in [-0.2, 0) is 4.79 Å². The van der Waals surface area contributed by atoms with Crippen LogP contribution in [0, 0.1) is 12.7 Å². The molecule has 0 unspecified atom stereocenters. The summed E-state index contributed by atoms with van der Waals surface area (Å²) in [6.45, 7) is 1.98. The van der Waals surface area contributed by atoms with Crippen molar-refractivity contribution in [3.63, 3.8) is 0 Å². The predicted octanol–water partition coefficient (Wildman–Crippen LogP) is 5.88. The molecule has 0 aliphatic heterocycles. The third-order valence-electron chi connectivity index (χ3n) is 4.01. The first-order valence-corrected chi connectivity index (χ1v) is 10.5. The second-order valence-corrected chi connectivity index (χ2v) is 8.21. The third-order valence-corrected chi connectivity index (χ3v) is 5.57. The SMILES string of the molecule is Cc1ccc(NC(=O)CSc2ccccc2C(=O)Nc2ccc(Br)cc2F)cc1. The van der Waals surface area contributed by atoms with Gasteiger partial charge in [0.25, 0.3) is 5.91 Å². The Hall–Kier alpha value is -2.64. The Bertz CT molecular complexity index is 1040. The Kier molecular flexibility index (Phi) is 7.06. The van der Waals surface area contributed by atoms with Crippen molar-refractivity contribution >= 4 is 50.9 Å². The van der Waals surface area contributed by atoms with Crippen LogP contribution in [0.15, 0.2) is 76.1 Å². The molecule has 0 radical (unpaired) electrons. The Morgan fingerprint density at radius 3 is 2.45 bits per heavy atom. The van der Waals surface area contributed by atoms with Crippen LogP contribution in [0.5, 0.6) is 0 Å². The largest absolute Gasteiger partial charge is 0.325 e. The fraction of sp³-hybridized carbons (Fsp3) is 0.0909. The summed E-state index contributed by atoms with van der Waals surface area (Å²) in [4.78, 5) is 25.5. The van der Waals surface area contributed by atoms with Gasteiger partial charge >= 0.3 is 0 Å². The van der Waals surface area contributed by atoms with Gasteiger partial charge < -0.3 is 10.6 Å². The van der Waals surface area contributed by atoms with Crippen molar-refractivity contribution < 1.29 is 14.0 Å². The Labute approximate surface area is 181 Å². The number of hydrogen-bond acceptors (Lipinski definition) is 3. The molecule has 29 heavy (non-hydrogen) atoms. The Morgan fingerprint density at radius 2 is 1.72 bits per heavy atom. The van der Waals surface area contributed by atoms with Crippen LogP contribution in [0.25, 0.3) is 0 Å². The highest BCUT2D eigenvalue weighted by Gasteiger charge is 2.15. The first kappa shape index (κ1) is 21.1. The Morgan fingerprint density at radius 1 is 1.00 bits per heavy atom. The normalized spacial score (nSPS) is 10.4. The summed E-state index contributed by atoms with van der Waals surface area (Å²) in [6, 6.07) is 18.9. The summed E-state index contributed by atoms with van der Waals surface area (Å²) >= 11 is 4.44. The number of carbonyl (C=O) groups excluding carboxylic acids is 2. The van der Waals surface area contributed by atoms with Crippen LogP contribution in [0.4, 0.5) is 15.8 Å². The van der Waals surface area contributed by atoms with E-state index in [1.54, 1.807) is 30.3 Å². The van der Waals surface area contributed by atoms with E-state index in [9.17, 15) is 14.0 Å². The van der Waals surface area contributed by atoms with Crippen molar-refractivity contribution in [1.82, 2.24) is 0 Å². The van der Waals surface area contributed by atoms with Crippen LogP contribution < -0.4 is 10.6 Å². The van der Waals surface area contributed by atoms with Gasteiger partial charge in [0.05, 0.1) is 17.0 Å². The van der Waals surface area contributed by atoms with Gasteiger partial charge in [0.15, 0.2) is 0 Å². The minimum atomic E-state index is -0.532. The fourth-order valence-corrected chi connectivity index (χ4v) is 3.72. The van der Waals surface area contributed by atoms with Crippen molar-refractivity contribution in [2.45, 2.75) is 11.8 Å². The molecular weight excluding hydrogens is 455 g/mol. The van der Waals surface area contributed by atoms with Crippen molar-refractivity contribution in [3.8, 4) is 0 Å². The zero-order valence-corrected chi connectivity index (χ0v) is 17.9. The molecule has 148 valence electrons. The molecule has 0 atom stereocenters. The second-order valence-electron chi connectivity index (χ2n) is 6.28. The lowest BCUT2D eigenvalue weighted by molar-refractivity contribution is -0.113. The van der Waals surface area contributed by atoms with E-state index >= 15 is 0 Å². The number of amides is 2. The number of nitrogens with one attached hydrogen (secondary N) is 2. The lowest BCUT2D eigenvalue weighted by Crippen LogP contribution is -2.16. The van der Waals surface area contributed by atoms with Gasteiger partial charge in [-0.15, -0.1) is 11.8 Å². The summed E-state index contributed by atoms with van der Waals surface area (Å²) in [6.07, 6.45) is 0. The topological polar surface area (TPSA) is 58.2 Å². The smallest absolute Gasteiger partial charge is 0.256 e. The van der Waals surface area contributed by atoms with Gasteiger partial charge in [-0.2, -0.15) is 0 Å². The van der Waals surface area contributed by atoms with Crippen molar-refractivity contribution in [3.05, 3.63) is 88.1 Å². The number of anilines is 2. The van der Waals surface area contributed by atoms with E-state index in [1.165, 1.54) is 23.9 Å². The van der Waals surface area contributed by atoms with Crippen LogP contribution in [0.3, 0.4) is 0 Å². The summed E-state index contributed by atoms with van der Waals surface area (Å²) in [5, 5.41) is 5.40. The van der Waals surface area contributed by atoms with Gasteiger partial charge in [-0.1, -0.05) is 45.8 Å². The van der Waals surface area contributed by atoms with Crippen molar-refractivity contribution in [2.75, 3.05) is 16.4 Å². The zero-order chi connectivity index (χ0) is 20.8. The summed E-state index contributed by atoms with van der Waals surface area (Å²) in [5.41, 5.74) is 2.30. The minimum absolute atomic E-state index is 0.0927. The summed E-state index contributed by atoms with van der Waals surface area (Å²) in [5.74, 6) is -0.998. The Balaban J connectivity index is 1.65. The van der Waals surface area contributed by atoms with E-state index in [1.807, 2.05) is 31.2 Å². The number of aryl methyl sites for hydroxylation is 1. The van der Waals surface area contributed by atoms with E-state index in [-0.39, 0.29) is 17.3 Å². The van der Waals surface area contributed by atoms with Gasteiger partial charge in [-0.05, 0) is 49.4 Å². The molecule has 0 saturated carbocycles. The number of hydrogen-bond donors (Lipinski definition) is 2. The fourth-order valence-electron chi connectivity index (χ4n) is 2.54. The molecule has 0 aliphatic rings. The number of rotatable bonds is 6. The van der Waals surface area contributed by atoms with Gasteiger partial charge in [0.1, 0.15) is 5.82 Å². The van der Waals surface area contributed by atoms with E-state index < -0.39 is 11.7 Å². The average Bonchev–Trinajstić information content (AvgIpc) is 2.70. The first-order chi connectivity index (χ1) is 13.9. The number of benzene rings is 3. The predicted molar refractivity (Wildman–Crippen MR) is 119 cm³/mol. The highest BCUT2D eigenvalue weighted by Crippen LogP contribution is 2.25. The molecule has 3 aromatic carbocycles. The maximum Gasteiger partial charge on any atom is 0.256 e. The van der Waals surface area contributed by atoms with Crippen LogP contribution >= 0.6 is 27.7 Å². The maximum absolute atomic E-state index is 14.0. The quantitative estimate of drug-likeness (QED) is 0.440. The van der Waals surface area contributed by atoms with E-state index in [2.05, 4.69) is 26.6 Å². The molecule has 7 heteroatoms. The van der Waals surface area contributed by atoms with Gasteiger partial charge in [-0.25, -0.2) is 4.39 Å². The minimum Gasteiger partial charge on any atom is -0.325 e. The second kappa shape index (κ2) is 9.71. The standard InChI is InChI=1S/C22H18BrFN2O2S/c1-14-6-9-16(10-7-14)25-21(27)13-29-20-5-3-2-4-17(20)22(28)26-19-11-8-15(23)12-18(19)24/h2-12H,13H2,1H3,(H,25,27)(H,26,28). The zero-order valence-electron chi connectivity index (χ0n) is 15.5. The van der Waals surface area contributed by atoms with Crippen LogP contribution in [0.1, 0.15) is 15.9 Å². The molecule has 0 saturated heterocycles. The van der Waals surface area contributed by atoms with E-state index in [0.717, 1.165) is 11.3 Å². The molecule has 0 heterocycles. The molecular formula is C22H18BrFN2O2S. The molecule has 0 fully saturated rings. The average molecular weight is 473 g/mol. The van der Waals surface area contributed by atoms with Gasteiger partial charge in [0, 0.05) is 15.1 Å². The first-order valence-electron chi connectivity index (χ1n) is 8.77. The number of halogens is 2. The molecule has 4 nitrogen and oxygen atoms in total. The van der Waals surface area contributed by atoms with Crippen molar-refractivity contribution in [2.24, 2.45) is 0 Å². The monoisotopic (exact) mass is 472 g/mol. The van der Waals surface area contributed by atoms with Crippen LogP contribution in [0.2, 0.25) is 0 Å². The summed E-state index contributed by atoms with van der Waals surface area (Å²) in [7, 11) is 0. The van der Waals surface area contributed by atoms with E-state index in [4.69, 9.17) is 0 Å².